The Balaban J connectivity index is 2.22. The topological polar surface area (TPSA) is 30.0 Å². The fraction of sp³-hybridized carbons (Fsp3) is 0.200. The molecule has 0 spiro atoms. The number of aromatic nitrogens is 1. The van der Waals surface area contributed by atoms with Crippen LogP contribution in [0.1, 0.15) is 32.7 Å². The molecule has 1 aromatic heterocycles. The van der Waals surface area contributed by atoms with Gasteiger partial charge in [-0.3, -0.25) is 9.78 Å². The van der Waals surface area contributed by atoms with Crippen LogP contribution in [0.5, 0.6) is 0 Å². The van der Waals surface area contributed by atoms with E-state index in [4.69, 9.17) is 0 Å². The minimum atomic E-state index is 0.115. The molecule has 2 nitrogen and oxygen atoms in total. The Bertz CT molecular complexity index is 602. The van der Waals surface area contributed by atoms with Gasteiger partial charge < -0.3 is 0 Å². The number of fused-ring (bicyclic) bond motifs is 2. The monoisotopic (exact) mass is 223 g/mol. The summed E-state index contributed by atoms with van der Waals surface area (Å²) in [6.45, 7) is 2.02. The molecule has 2 heteroatoms. The van der Waals surface area contributed by atoms with E-state index in [1.807, 2.05) is 25.1 Å². The minimum absolute atomic E-state index is 0.115. The maximum Gasteiger partial charge on any atom is 0.195 e. The zero-order valence-corrected chi connectivity index (χ0v) is 9.73. The van der Waals surface area contributed by atoms with Gasteiger partial charge in [0.2, 0.25) is 0 Å². The van der Waals surface area contributed by atoms with E-state index >= 15 is 0 Å². The van der Waals surface area contributed by atoms with E-state index < -0.39 is 0 Å². The third kappa shape index (κ3) is 1.66. The number of benzene rings is 1. The van der Waals surface area contributed by atoms with Gasteiger partial charge >= 0.3 is 0 Å². The lowest BCUT2D eigenvalue weighted by Gasteiger charge is -2.05. The average Bonchev–Trinajstić information content (AvgIpc) is 2.49. The van der Waals surface area contributed by atoms with Gasteiger partial charge in [0.05, 0.1) is 5.69 Å². The van der Waals surface area contributed by atoms with E-state index in [0.29, 0.717) is 0 Å². The van der Waals surface area contributed by atoms with Crippen LogP contribution in [0, 0.1) is 6.92 Å². The molecule has 1 aromatic carbocycles. The summed E-state index contributed by atoms with van der Waals surface area (Å²) in [6, 6.07) is 9.82. The second-order valence-corrected chi connectivity index (χ2v) is 4.49. The molecular formula is C15H13NO. The van der Waals surface area contributed by atoms with Gasteiger partial charge in [0, 0.05) is 17.3 Å². The van der Waals surface area contributed by atoms with Gasteiger partial charge in [-0.15, -0.1) is 0 Å². The number of nitrogens with zero attached hydrogens (tertiary/aromatic N) is 1. The summed E-state index contributed by atoms with van der Waals surface area (Å²) >= 11 is 0. The predicted octanol–water partition coefficient (Wildman–Crippen LogP) is 2.72. The Morgan fingerprint density at radius 1 is 1.12 bits per heavy atom. The van der Waals surface area contributed by atoms with Crippen LogP contribution in [0.15, 0.2) is 36.5 Å². The van der Waals surface area contributed by atoms with Gasteiger partial charge in [0.1, 0.15) is 0 Å². The highest BCUT2D eigenvalue weighted by Gasteiger charge is 2.21. The van der Waals surface area contributed by atoms with Crippen molar-refractivity contribution in [2.75, 3.05) is 0 Å². The second-order valence-electron chi connectivity index (χ2n) is 4.49. The molecule has 0 saturated heterocycles. The molecule has 0 amide bonds. The lowest BCUT2D eigenvalue weighted by molar-refractivity contribution is 0.103. The lowest BCUT2D eigenvalue weighted by atomic mass is 9.98. The van der Waals surface area contributed by atoms with Crippen LogP contribution >= 0.6 is 0 Å². The van der Waals surface area contributed by atoms with Crippen molar-refractivity contribution < 1.29 is 4.79 Å². The highest BCUT2D eigenvalue weighted by Crippen LogP contribution is 2.23. The molecular weight excluding hydrogens is 210 g/mol. The van der Waals surface area contributed by atoms with E-state index in [1.54, 1.807) is 6.20 Å². The van der Waals surface area contributed by atoms with Crippen molar-refractivity contribution >= 4 is 5.78 Å². The smallest absolute Gasteiger partial charge is 0.195 e. The number of aryl methyl sites for hydroxylation is 3. The number of rotatable bonds is 0. The lowest BCUT2D eigenvalue weighted by Crippen LogP contribution is -2.05. The van der Waals surface area contributed by atoms with Crippen molar-refractivity contribution in [3.05, 3.63) is 64.5 Å². The van der Waals surface area contributed by atoms with Crippen molar-refractivity contribution in [1.82, 2.24) is 4.98 Å². The van der Waals surface area contributed by atoms with Crippen LogP contribution in [0.25, 0.3) is 0 Å². The Kier molecular flexibility index (Phi) is 2.29. The van der Waals surface area contributed by atoms with Crippen LogP contribution < -0.4 is 0 Å². The zero-order valence-electron chi connectivity index (χ0n) is 9.73. The van der Waals surface area contributed by atoms with E-state index in [9.17, 15) is 4.79 Å². The van der Waals surface area contributed by atoms with E-state index in [-0.39, 0.29) is 5.78 Å². The first kappa shape index (κ1) is 10.2. The molecule has 0 fully saturated rings. The molecule has 0 aliphatic heterocycles. The van der Waals surface area contributed by atoms with Gasteiger partial charge in [-0.1, -0.05) is 17.7 Å². The normalized spacial score (nSPS) is 13.8. The molecule has 3 rings (SSSR count). The maximum absolute atomic E-state index is 12.4. The number of hydrogen-bond acceptors (Lipinski definition) is 2. The van der Waals surface area contributed by atoms with Crippen molar-refractivity contribution in [2.24, 2.45) is 0 Å². The Morgan fingerprint density at radius 2 is 2.00 bits per heavy atom. The Labute approximate surface area is 100 Å². The number of pyridine rings is 1. The van der Waals surface area contributed by atoms with Gasteiger partial charge in [0.25, 0.3) is 0 Å². The largest absolute Gasteiger partial charge is 0.289 e. The van der Waals surface area contributed by atoms with Crippen molar-refractivity contribution in [1.29, 1.82) is 0 Å². The van der Waals surface area contributed by atoms with E-state index in [1.165, 1.54) is 0 Å². The molecule has 0 saturated carbocycles. The van der Waals surface area contributed by atoms with Crippen LogP contribution in [0.2, 0.25) is 0 Å². The SMILES string of the molecule is Cc1ccc2c(c1)C(=O)c1cccnc1CC2. The zero-order chi connectivity index (χ0) is 11.8. The van der Waals surface area contributed by atoms with Crippen LogP contribution in [0.4, 0.5) is 0 Å². The van der Waals surface area contributed by atoms with Gasteiger partial charge in [-0.05, 0) is 43.5 Å². The maximum atomic E-state index is 12.4. The van der Waals surface area contributed by atoms with Gasteiger partial charge in [-0.25, -0.2) is 0 Å². The second kappa shape index (κ2) is 3.81. The standard InChI is InChI=1S/C15H13NO/c1-10-4-5-11-6-7-14-12(3-2-8-16-14)15(17)13(11)9-10/h2-5,8-9H,6-7H2,1H3. The average molecular weight is 223 g/mol. The van der Waals surface area contributed by atoms with Crippen molar-refractivity contribution in [2.45, 2.75) is 19.8 Å². The quantitative estimate of drug-likeness (QED) is 0.687. The Hall–Kier alpha value is -1.96. The van der Waals surface area contributed by atoms with E-state index in [2.05, 4.69) is 17.1 Å². The summed E-state index contributed by atoms with van der Waals surface area (Å²) in [4.78, 5) is 16.8. The van der Waals surface area contributed by atoms with Crippen LogP contribution in [-0.2, 0) is 12.8 Å². The number of carbonyl (C=O) groups is 1. The third-order valence-electron chi connectivity index (χ3n) is 3.28. The minimum Gasteiger partial charge on any atom is -0.289 e. The summed E-state index contributed by atoms with van der Waals surface area (Å²) in [6.07, 6.45) is 3.50. The summed E-state index contributed by atoms with van der Waals surface area (Å²) in [7, 11) is 0. The molecule has 1 aliphatic carbocycles. The molecule has 17 heavy (non-hydrogen) atoms. The molecule has 2 aromatic rings. The summed E-state index contributed by atoms with van der Waals surface area (Å²) < 4.78 is 0. The van der Waals surface area contributed by atoms with Gasteiger partial charge in [0.15, 0.2) is 5.78 Å². The van der Waals surface area contributed by atoms with Crippen molar-refractivity contribution in [3.8, 4) is 0 Å². The van der Waals surface area contributed by atoms with Gasteiger partial charge in [-0.2, -0.15) is 0 Å². The molecule has 0 bridgehead atoms. The third-order valence-corrected chi connectivity index (χ3v) is 3.28. The molecule has 1 heterocycles. The summed E-state index contributed by atoms with van der Waals surface area (Å²) in [5.74, 6) is 0.115. The molecule has 0 radical (unpaired) electrons. The van der Waals surface area contributed by atoms with E-state index in [0.717, 1.165) is 40.8 Å². The number of ketones is 1. The van der Waals surface area contributed by atoms with Crippen molar-refractivity contribution in [3.63, 3.8) is 0 Å². The van der Waals surface area contributed by atoms with Crippen LogP contribution in [-0.4, -0.2) is 10.8 Å². The summed E-state index contributed by atoms with van der Waals surface area (Å²) in [5.41, 5.74) is 4.79. The molecule has 1 aliphatic rings. The molecule has 84 valence electrons. The first-order valence-electron chi connectivity index (χ1n) is 5.84. The number of carbonyl (C=O) groups excluding carboxylic acids is 1. The molecule has 0 N–H and O–H groups in total. The number of hydrogen-bond donors (Lipinski definition) is 0. The fourth-order valence-corrected chi connectivity index (χ4v) is 2.36. The highest BCUT2D eigenvalue weighted by atomic mass is 16.1. The Morgan fingerprint density at radius 3 is 2.88 bits per heavy atom. The molecule has 0 unspecified atom stereocenters. The first-order valence-corrected chi connectivity index (χ1v) is 5.84. The predicted molar refractivity (Wildman–Crippen MR) is 66.3 cm³/mol. The summed E-state index contributed by atoms with van der Waals surface area (Å²) in [5, 5.41) is 0. The fourth-order valence-electron chi connectivity index (χ4n) is 2.36. The molecule has 0 atom stereocenters. The first-order chi connectivity index (χ1) is 8.25. The van der Waals surface area contributed by atoms with Crippen LogP contribution in [0.3, 0.4) is 0 Å². The highest BCUT2D eigenvalue weighted by molar-refractivity contribution is 6.11.